The number of fused-ring (bicyclic) bond motifs is 1. The van der Waals surface area contributed by atoms with Gasteiger partial charge in [0.2, 0.25) is 11.8 Å². The third-order valence-electron chi connectivity index (χ3n) is 6.24. The third kappa shape index (κ3) is 3.98. The molecule has 8 nitrogen and oxygen atoms in total. The predicted octanol–water partition coefficient (Wildman–Crippen LogP) is 3.05. The maximum atomic E-state index is 13.3. The van der Waals surface area contributed by atoms with E-state index in [4.69, 9.17) is 0 Å². The van der Waals surface area contributed by atoms with E-state index in [1.54, 1.807) is 4.68 Å². The average Bonchev–Trinajstić information content (AvgIpc) is 3.39. The monoisotopic (exact) mass is 482 g/mol. The molecule has 1 aromatic heterocycles. The number of nitrogens with one attached hydrogen (secondary N) is 1. The summed E-state index contributed by atoms with van der Waals surface area (Å²) in [5.41, 5.74) is 4.16. The summed E-state index contributed by atoms with van der Waals surface area (Å²) in [7, 11) is -3.33. The summed E-state index contributed by atoms with van der Waals surface area (Å²) >= 11 is 0. The molecular weight excluding hydrogens is 459 g/mol. The SMILES string of the molecule is Cc1ccc(-n2nc3c(c2NC(=O)C2CC(=O)N(c4ccc(F)cc4)C2)CS(=O)(=O)C3)c(C)c1. The highest BCUT2D eigenvalue weighted by molar-refractivity contribution is 7.90. The van der Waals surface area contributed by atoms with Gasteiger partial charge in [-0.15, -0.1) is 0 Å². The van der Waals surface area contributed by atoms with Gasteiger partial charge < -0.3 is 10.2 Å². The van der Waals surface area contributed by atoms with Crippen molar-refractivity contribution in [2.75, 3.05) is 16.8 Å². The van der Waals surface area contributed by atoms with E-state index in [-0.39, 0.29) is 30.4 Å². The summed E-state index contributed by atoms with van der Waals surface area (Å²) in [6.07, 6.45) is 0.00138. The number of carbonyl (C=O) groups excluding carboxylic acids is 2. The first-order valence-electron chi connectivity index (χ1n) is 10.9. The number of carbonyl (C=O) groups is 2. The van der Waals surface area contributed by atoms with Gasteiger partial charge in [0.15, 0.2) is 9.84 Å². The molecule has 1 atom stereocenters. The Labute approximate surface area is 196 Å². The number of hydrogen-bond acceptors (Lipinski definition) is 5. The number of rotatable bonds is 4. The number of amides is 2. The van der Waals surface area contributed by atoms with Crippen molar-refractivity contribution in [2.24, 2.45) is 5.92 Å². The number of hydrogen-bond donors (Lipinski definition) is 1. The minimum absolute atomic E-state index is 0.00138. The molecular formula is C24H23FN4O4S. The maximum absolute atomic E-state index is 13.3. The molecule has 3 heterocycles. The minimum atomic E-state index is -3.33. The highest BCUT2D eigenvalue weighted by atomic mass is 32.2. The van der Waals surface area contributed by atoms with Crippen LogP contribution in [0.4, 0.5) is 15.9 Å². The summed E-state index contributed by atoms with van der Waals surface area (Å²) < 4.78 is 39.3. The number of anilines is 2. The molecule has 34 heavy (non-hydrogen) atoms. The normalized spacial score (nSPS) is 18.9. The molecule has 0 bridgehead atoms. The van der Waals surface area contributed by atoms with E-state index in [2.05, 4.69) is 10.4 Å². The largest absolute Gasteiger partial charge is 0.312 e. The molecule has 0 radical (unpaired) electrons. The predicted molar refractivity (Wildman–Crippen MR) is 125 cm³/mol. The minimum Gasteiger partial charge on any atom is -0.312 e. The molecule has 0 aliphatic carbocycles. The molecule has 1 saturated heterocycles. The van der Waals surface area contributed by atoms with E-state index < -0.39 is 27.5 Å². The van der Waals surface area contributed by atoms with Crippen molar-refractivity contribution in [3.8, 4) is 5.69 Å². The molecule has 2 aliphatic heterocycles. The lowest BCUT2D eigenvalue weighted by Crippen LogP contribution is -2.29. The fourth-order valence-corrected chi connectivity index (χ4v) is 6.05. The molecule has 1 unspecified atom stereocenters. The van der Waals surface area contributed by atoms with Crippen LogP contribution in [0, 0.1) is 25.6 Å². The zero-order valence-corrected chi connectivity index (χ0v) is 19.5. The lowest BCUT2D eigenvalue weighted by Gasteiger charge is -2.17. The molecule has 5 rings (SSSR count). The first kappa shape index (κ1) is 22.3. The fourth-order valence-electron chi connectivity index (χ4n) is 4.56. The first-order valence-corrected chi connectivity index (χ1v) is 12.7. The summed E-state index contributed by atoms with van der Waals surface area (Å²) in [4.78, 5) is 27.3. The molecule has 2 aliphatic rings. The summed E-state index contributed by atoms with van der Waals surface area (Å²) in [6, 6.07) is 11.3. The van der Waals surface area contributed by atoms with E-state index in [1.165, 1.54) is 29.2 Å². The second kappa shape index (κ2) is 8.05. The standard InChI is InChI=1S/C24H23FN4O4S/c1-14-3-8-21(15(2)9-14)29-23(19-12-34(32,33)13-20(19)27-29)26-24(31)16-10-22(30)28(11-16)18-6-4-17(25)5-7-18/h3-9,16H,10-13H2,1-2H3,(H,26,31). The van der Waals surface area contributed by atoms with Crippen LogP contribution in [0.2, 0.25) is 0 Å². The molecule has 2 amide bonds. The van der Waals surface area contributed by atoms with E-state index in [0.29, 0.717) is 22.8 Å². The molecule has 10 heteroatoms. The van der Waals surface area contributed by atoms with Crippen LogP contribution >= 0.6 is 0 Å². The number of nitrogens with zero attached hydrogens (tertiary/aromatic N) is 3. The van der Waals surface area contributed by atoms with Gasteiger partial charge in [-0.2, -0.15) is 5.10 Å². The first-order chi connectivity index (χ1) is 16.1. The Balaban J connectivity index is 1.45. The van der Waals surface area contributed by atoms with Crippen LogP contribution in [0.15, 0.2) is 42.5 Å². The number of halogens is 1. The van der Waals surface area contributed by atoms with Gasteiger partial charge in [0.1, 0.15) is 11.6 Å². The Morgan fingerprint density at radius 1 is 1.12 bits per heavy atom. The van der Waals surface area contributed by atoms with Gasteiger partial charge in [0.25, 0.3) is 0 Å². The van der Waals surface area contributed by atoms with Crippen molar-refractivity contribution in [1.82, 2.24) is 9.78 Å². The third-order valence-corrected chi connectivity index (χ3v) is 7.69. The lowest BCUT2D eigenvalue weighted by molar-refractivity contribution is -0.122. The van der Waals surface area contributed by atoms with Crippen molar-refractivity contribution in [3.63, 3.8) is 0 Å². The van der Waals surface area contributed by atoms with Crippen LogP contribution in [0.5, 0.6) is 0 Å². The van der Waals surface area contributed by atoms with Crippen LogP contribution in [0.1, 0.15) is 28.8 Å². The van der Waals surface area contributed by atoms with Gasteiger partial charge in [-0.25, -0.2) is 17.5 Å². The van der Waals surface area contributed by atoms with Crippen LogP contribution in [-0.2, 0) is 30.9 Å². The molecule has 0 saturated carbocycles. The van der Waals surface area contributed by atoms with Crippen LogP contribution in [0.3, 0.4) is 0 Å². The van der Waals surface area contributed by atoms with E-state index >= 15 is 0 Å². The number of aryl methyl sites for hydroxylation is 2. The number of aromatic nitrogens is 2. The van der Waals surface area contributed by atoms with Crippen LogP contribution in [-0.4, -0.2) is 36.6 Å². The molecule has 1 N–H and O–H groups in total. The topological polar surface area (TPSA) is 101 Å². The Kier molecular flexibility index (Phi) is 5.27. The van der Waals surface area contributed by atoms with Crippen molar-refractivity contribution < 1.29 is 22.4 Å². The quantitative estimate of drug-likeness (QED) is 0.616. The molecule has 1 fully saturated rings. The van der Waals surface area contributed by atoms with Crippen LogP contribution < -0.4 is 10.2 Å². The Bertz CT molecular complexity index is 1430. The van der Waals surface area contributed by atoms with E-state index in [9.17, 15) is 22.4 Å². The van der Waals surface area contributed by atoms with Gasteiger partial charge in [0.05, 0.1) is 28.8 Å². The zero-order chi connectivity index (χ0) is 24.2. The maximum Gasteiger partial charge on any atom is 0.230 e. The summed E-state index contributed by atoms with van der Waals surface area (Å²) in [5.74, 6) is -1.74. The Morgan fingerprint density at radius 3 is 2.56 bits per heavy atom. The van der Waals surface area contributed by atoms with Gasteiger partial charge >= 0.3 is 0 Å². The Hall–Kier alpha value is -3.53. The number of benzene rings is 2. The summed E-state index contributed by atoms with van der Waals surface area (Å²) in [6.45, 7) is 4.04. The summed E-state index contributed by atoms with van der Waals surface area (Å²) in [5, 5.41) is 7.39. The van der Waals surface area contributed by atoms with E-state index in [1.807, 2.05) is 32.0 Å². The van der Waals surface area contributed by atoms with Crippen molar-refractivity contribution in [2.45, 2.75) is 31.8 Å². The molecule has 2 aromatic carbocycles. The molecule has 3 aromatic rings. The smallest absolute Gasteiger partial charge is 0.230 e. The molecule has 176 valence electrons. The van der Waals surface area contributed by atoms with Gasteiger partial charge in [-0.1, -0.05) is 17.7 Å². The van der Waals surface area contributed by atoms with Gasteiger partial charge in [-0.3, -0.25) is 9.59 Å². The fraction of sp³-hybridized carbons (Fsp3) is 0.292. The second-order valence-electron chi connectivity index (χ2n) is 8.88. The van der Waals surface area contributed by atoms with Crippen molar-refractivity contribution >= 4 is 33.2 Å². The van der Waals surface area contributed by atoms with Crippen molar-refractivity contribution in [3.05, 3.63) is 70.7 Å². The molecule has 0 spiro atoms. The number of sulfone groups is 1. The van der Waals surface area contributed by atoms with E-state index in [0.717, 1.165) is 16.8 Å². The Morgan fingerprint density at radius 2 is 1.85 bits per heavy atom. The lowest BCUT2D eigenvalue weighted by atomic mass is 10.1. The van der Waals surface area contributed by atoms with Gasteiger partial charge in [-0.05, 0) is 49.7 Å². The average molecular weight is 483 g/mol. The zero-order valence-electron chi connectivity index (χ0n) is 18.7. The highest BCUT2D eigenvalue weighted by Crippen LogP contribution is 2.35. The van der Waals surface area contributed by atoms with Gasteiger partial charge in [0, 0.05) is 24.2 Å². The van der Waals surface area contributed by atoms with Crippen molar-refractivity contribution in [1.29, 1.82) is 0 Å². The highest BCUT2D eigenvalue weighted by Gasteiger charge is 2.38. The second-order valence-corrected chi connectivity index (χ2v) is 10.9. The van der Waals surface area contributed by atoms with Crippen LogP contribution in [0.25, 0.3) is 5.69 Å².